The van der Waals surface area contributed by atoms with Gasteiger partial charge >= 0.3 is 5.97 Å². The Hall–Kier alpha value is -2.04. The molecule has 5 nitrogen and oxygen atoms in total. The molecule has 0 atom stereocenters. The van der Waals surface area contributed by atoms with Crippen molar-refractivity contribution in [2.75, 3.05) is 6.61 Å². The molecule has 0 aliphatic heterocycles. The largest absolute Gasteiger partial charge is 0.493 e. The molecule has 0 unspecified atom stereocenters. The van der Waals surface area contributed by atoms with Gasteiger partial charge in [0.2, 0.25) is 5.91 Å². The lowest BCUT2D eigenvalue weighted by atomic mass is 9.80. The predicted molar refractivity (Wildman–Crippen MR) is 87.6 cm³/mol. The number of nitrogens with one attached hydrogen (secondary N) is 1. The standard InChI is InChI=1S/C18H25NO4/c1-12-6-7-13(2)16(9-12)23-8-4-3-5-17(20)19-15-10-14(11-15)18(21)22/h6-7,9,14-15H,3-5,8,10-11H2,1-2H3,(H,19,20)(H,21,22). The summed E-state index contributed by atoms with van der Waals surface area (Å²) in [5.74, 6) is -0.139. The van der Waals surface area contributed by atoms with Gasteiger partial charge in [0.05, 0.1) is 12.5 Å². The quantitative estimate of drug-likeness (QED) is 0.723. The second kappa shape index (κ2) is 7.99. The molecule has 1 fully saturated rings. The van der Waals surface area contributed by atoms with E-state index in [0.717, 1.165) is 24.2 Å². The number of carboxylic acid groups (broad SMARTS) is 1. The molecule has 23 heavy (non-hydrogen) atoms. The van der Waals surface area contributed by atoms with Crippen molar-refractivity contribution >= 4 is 11.9 Å². The molecular weight excluding hydrogens is 294 g/mol. The highest BCUT2D eigenvalue weighted by molar-refractivity contribution is 5.77. The van der Waals surface area contributed by atoms with E-state index >= 15 is 0 Å². The number of aryl methyl sites for hydroxylation is 2. The Morgan fingerprint density at radius 2 is 2.00 bits per heavy atom. The first-order valence-corrected chi connectivity index (χ1v) is 8.18. The molecule has 1 saturated carbocycles. The summed E-state index contributed by atoms with van der Waals surface area (Å²) in [4.78, 5) is 22.4. The molecule has 5 heteroatoms. The van der Waals surface area contributed by atoms with Gasteiger partial charge < -0.3 is 15.2 Å². The Kier molecular flexibility index (Phi) is 6.02. The number of hydrogen-bond donors (Lipinski definition) is 2. The first kappa shape index (κ1) is 17.3. The van der Waals surface area contributed by atoms with Crippen LogP contribution in [0.25, 0.3) is 0 Å². The molecule has 126 valence electrons. The molecule has 2 N–H and O–H groups in total. The predicted octanol–water partition coefficient (Wildman–Crippen LogP) is 2.83. The number of benzene rings is 1. The van der Waals surface area contributed by atoms with Crippen LogP contribution in [0.1, 0.15) is 43.2 Å². The fourth-order valence-corrected chi connectivity index (χ4v) is 2.67. The lowest BCUT2D eigenvalue weighted by molar-refractivity contribution is -0.146. The lowest BCUT2D eigenvalue weighted by Crippen LogP contribution is -2.46. The summed E-state index contributed by atoms with van der Waals surface area (Å²) < 4.78 is 5.76. The van der Waals surface area contributed by atoms with Crippen LogP contribution in [0.3, 0.4) is 0 Å². The van der Waals surface area contributed by atoms with E-state index in [4.69, 9.17) is 9.84 Å². The lowest BCUT2D eigenvalue weighted by Gasteiger charge is -2.32. The number of carbonyl (C=O) groups is 2. The summed E-state index contributed by atoms with van der Waals surface area (Å²) in [6.07, 6.45) is 3.16. The maximum Gasteiger partial charge on any atom is 0.306 e. The molecule has 1 aromatic carbocycles. The topological polar surface area (TPSA) is 75.6 Å². The molecule has 1 aliphatic rings. The number of carbonyl (C=O) groups excluding carboxylic acids is 1. The van der Waals surface area contributed by atoms with Gasteiger partial charge in [-0.15, -0.1) is 0 Å². The Bertz CT molecular complexity index is 564. The van der Waals surface area contributed by atoms with Crippen molar-refractivity contribution in [3.05, 3.63) is 29.3 Å². The highest BCUT2D eigenvalue weighted by Gasteiger charge is 2.34. The summed E-state index contributed by atoms with van der Waals surface area (Å²) >= 11 is 0. The Morgan fingerprint density at radius 1 is 1.26 bits per heavy atom. The van der Waals surface area contributed by atoms with Crippen LogP contribution in [0.5, 0.6) is 5.75 Å². The minimum absolute atomic E-state index is 0.00516. The fraction of sp³-hybridized carbons (Fsp3) is 0.556. The van der Waals surface area contributed by atoms with E-state index in [2.05, 4.69) is 11.4 Å². The highest BCUT2D eigenvalue weighted by atomic mass is 16.5. The Balaban J connectivity index is 1.56. The molecule has 0 spiro atoms. The van der Waals surface area contributed by atoms with Gasteiger partial charge in [-0.25, -0.2) is 0 Å². The zero-order valence-electron chi connectivity index (χ0n) is 13.8. The zero-order valence-corrected chi connectivity index (χ0v) is 13.8. The van der Waals surface area contributed by atoms with Crippen molar-refractivity contribution in [2.24, 2.45) is 5.92 Å². The van der Waals surface area contributed by atoms with Crippen molar-refractivity contribution in [2.45, 2.75) is 52.0 Å². The van der Waals surface area contributed by atoms with Crippen molar-refractivity contribution in [3.63, 3.8) is 0 Å². The summed E-state index contributed by atoms with van der Waals surface area (Å²) in [6.45, 7) is 4.65. The summed E-state index contributed by atoms with van der Waals surface area (Å²) in [5, 5.41) is 11.7. The van der Waals surface area contributed by atoms with Crippen molar-refractivity contribution in [3.8, 4) is 5.75 Å². The van der Waals surface area contributed by atoms with Crippen LogP contribution in [0.2, 0.25) is 0 Å². The number of amides is 1. The number of unbranched alkanes of at least 4 members (excludes halogenated alkanes) is 1. The second-order valence-electron chi connectivity index (χ2n) is 6.35. The molecule has 0 radical (unpaired) electrons. The highest BCUT2D eigenvalue weighted by Crippen LogP contribution is 2.27. The first-order valence-electron chi connectivity index (χ1n) is 8.18. The average molecular weight is 319 g/mol. The minimum Gasteiger partial charge on any atom is -0.493 e. The number of carboxylic acids is 1. The first-order chi connectivity index (χ1) is 11.0. The van der Waals surface area contributed by atoms with Gasteiger partial charge in [0.25, 0.3) is 0 Å². The molecule has 1 aliphatic carbocycles. The maximum atomic E-state index is 11.8. The van der Waals surface area contributed by atoms with Crippen molar-refractivity contribution in [1.82, 2.24) is 5.32 Å². The van der Waals surface area contributed by atoms with Gasteiger partial charge in [-0.3, -0.25) is 9.59 Å². The zero-order chi connectivity index (χ0) is 16.8. The van der Waals surface area contributed by atoms with Crippen LogP contribution in [0.4, 0.5) is 0 Å². The number of aliphatic carboxylic acids is 1. The van der Waals surface area contributed by atoms with E-state index in [-0.39, 0.29) is 17.9 Å². The van der Waals surface area contributed by atoms with Crippen LogP contribution in [-0.2, 0) is 9.59 Å². The van der Waals surface area contributed by atoms with E-state index in [1.54, 1.807) is 0 Å². The van der Waals surface area contributed by atoms with Crippen LogP contribution in [0.15, 0.2) is 18.2 Å². The normalized spacial score (nSPS) is 19.7. The fourth-order valence-electron chi connectivity index (χ4n) is 2.67. The van der Waals surface area contributed by atoms with E-state index in [1.807, 2.05) is 26.0 Å². The molecular formula is C18H25NO4. The third-order valence-electron chi connectivity index (χ3n) is 4.25. The molecule has 0 bridgehead atoms. The molecule has 1 aromatic rings. The minimum atomic E-state index is -0.765. The number of hydrogen-bond acceptors (Lipinski definition) is 3. The van der Waals surface area contributed by atoms with E-state index in [1.165, 1.54) is 5.56 Å². The third-order valence-corrected chi connectivity index (χ3v) is 4.25. The molecule has 2 rings (SSSR count). The summed E-state index contributed by atoms with van der Waals surface area (Å²) in [6, 6.07) is 6.16. The van der Waals surface area contributed by atoms with E-state index in [9.17, 15) is 9.59 Å². The molecule has 0 heterocycles. The molecule has 1 amide bonds. The van der Waals surface area contributed by atoms with E-state index in [0.29, 0.717) is 25.9 Å². The van der Waals surface area contributed by atoms with Gasteiger partial charge in [0.15, 0.2) is 0 Å². The van der Waals surface area contributed by atoms with Gasteiger partial charge in [0, 0.05) is 12.5 Å². The molecule has 0 aromatic heterocycles. The van der Waals surface area contributed by atoms with Crippen LogP contribution in [0, 0.1) is 19.8 Å². The van der Waals surface area contributed by atoms with Gasteiger partial charge in [-0.2, -0.15) is 0 Å². The second-order valence-corrected chi connectivity index (χ2v) is 6.35. The van der Waals surface area contributed by atoms with Gasteiger partial charge in [0.1, 0.15) is 5.75 Å². The van der Waals surface area contributed by atoms with Crippen LogP contribution in [-0.4, -0.2) is 29.6 Å². The Labute approximate surface area is 137 Å². The Morgan fingerprint density at radius 3 is 2.70 bits per heavy atom. The molecule has 0 saturated heterocycles. The van der Waals surface area contributed by atoms with E-state index < -0.39 is 5.97 Å². The smallest absolute Gasteiger partial charge is 0.306 e. The van der Waals surface area contributed by atoms with Crippen molar-refractivity contribution < 1.29 is 19.4 Å². The van der Waals surface area contributed by atoms with Crippen LogP contribution < -0.4 is 10.1 Å². The number of ether oxygens (including phenoxy) is 1. The monoisotopic (exact) mass is 319 g/mol. The summed E-state index contributed by atoms with van der Waals surface area (Å²) in [7, 11) is 0. The van der Waals surface area contributed by atoms with Gasteiger partial charge in [-0.05, 0) is 56.7 Å². The van der Waals surface area contributed by atoms with Crippen molar-refractivity contribution in [1.29, 1.82) is 0 Å². The van der Waals surface area contributed by atoms with Crippen LogP contribution >= 0.6 is 0 Å². The maximum absolute atomic E-state index is 11.8. The van der Waals surface area contributed by atoms with Gasteiger partial charge in [-0.1, -0.05) is 12.1 Å². The summed E-state index contributed by atoms with van der Waals surface area (Å²) in [5.41, 5.74) is 2.29. The average Bonchev–Trinajstić information content (AvgIpc) is 2.45. The SMILES string of the molecule is Cc1ccc(C)c(OCCCCC(=O)NC2CC(C(=O)O)C2)c1. The number of rotatable bonds is 8. The third kappa shape index (κ3) is 5.27.